The van der Waals surface area contributed by atoms with Crippen LogP contribution in [0.15, 0.2) is 24.3 Å². The summed E-state index contributed by atoms with van der Waals surface area (Å²) in [5.74, 6) is -0.630. The predicted octanol–water partition coefficient (Wildman–Crippen LogP) is 2.28. The monoisotopic (exact) mass is 249 g/mol. The summed E-state index contributed by atoms with van der Waals surface area (Å²) in [6, 6.07) is 7.13. The molecule has 0 unspecified atom stereocenters. The highest BCUT2D eigenvalue weighted by atomic mass is 16.5. The minimum atomic E-state index is -0.699. The van der Waals surface area contributed by atoms with Gasteiger partial charge in [0.05, 0.1) is 5.56 Å². The van der Waals surface area contributed by atoms with Gasteiger partial charge in [-0.2, -0.15) is 0 Å². The number of hydrogen-bond donors (Lipinski definition) is 0. The highest BCUT2D eigenvalue weighted by Gasteiger charge is 2.15. The van der Waals surface area contributed by atoms with Gasteiger partial charge in [-0.15, -0.1) is 0 Å². The Labute approximate surface area is 108 Å². The van der Waals surface area contributed by atoms with Gasteiger partial charge in [-0.05, 0) is 45.0 Å². The quantitative estimate of drug-likeness (QED) is 0.751. The fourth-order valence-electron chi connectivity index (χ4n) is 1.35. The average Bonchev–Trinajstić information content (AvgIpc) is 2.37. The number of rotatable bonds is 5. The van der Waals surface area contributed by atoms with Crippen molar-refractivity contribution in [2.24, 2.45) is 0 Å². The number of nitrogens with zero attached hydrogens (tertiary/aromatic N) is 1. The van der Waals surface area contributed by atoms with Crippen LogP contribution >= 0.6 is 0 Å². The maximum Gasteiger partial charge on any atom is 0.338 e. The molecule has 0 aliphatic rings. The molecule has 4 heteroatoms. The minimum absolute atomic E-state index is 0.161. The molecule has 0 aliphatic carbocycles. The van der Waals surface area contributed by atoms with Crippen LogP contribution in [0.1, 0.15) is 31.1 Å². The van der Waals surface area contributed by atoms with E-state index in [0.29, 0.717) is 5.56 Å². The van der Waals surface area contributed by atoms with Gasteiger partial charge in [0.25, 0.3) is 0 Å². The van der Waals surface area contributed by atoms with Gasteiger partial charge in [-0.1, -0.05) is 0 Å². The number of Topliss-reactive ketones (excluding diaryl/α,β-unsaturated/α-hetero) is 1. The Morgan fingerprint density at radius 2 is 1.83 bits per heavy atom. The Hall–Kier alpha value is -1.84. The van der Waals surface area contributed by atoms with Crippen molar-refractivity contribution in [3.05, 3.63) is 29.8 Å². The Kier molecular flexibility index (Phi) is 4.89. The smallest absolute Gasteiger partial charge is 0.338 e. The van der Waals surface area contributed by atoms with Gasteiger partial charge in [0.15, 0.2) is 11.9 Å². The van der Waals surface area contributed by atoms with E-state index in [2.05, 4.69) is 11.8 Å². The number of hydrogen-bond acceptors (Lipinski definition) is 4. The molecule has 0 saturated heterocycles. The second-order valence-corrected chi connectivity index (χ2v) is 4.22. The van der Waals surface area contributed by atoms with Crippen LogP contribution < -0.4 is 4.90 Å². The van der Waals surface area contributed by atoms with Crippen molar-refractivity contribution in [3.8, 4) is 0 Å². The zero-order valence-electron chi connectivity index (χ0n) is 11.3. The molecule has 0 spiro atoms. The molecule has 0 aliphatic heterocycles. The summed E-state index contributed by atoms with van der Waals surface area (Å²) < 4.78 is 5.02. The molecular formula is C14H19NO3. The SMILES string of the molecule is CCN(C)c1ccc(C(=O)O[C@@H](C)C(C)=O)cc1. The molecule has 1 atom stereocenters. The first kappa shape index (κ1) is 14.2. The number of anilines is 1. The first-order chi connectivity index (χ1) is 8.45. The summed E-state index contributed by atoms with van der Waals surface area (Å²) in [6.07, 6.45) is -0.699. The second-order valence-electron chi connectivity index (χ2n) is 4.22. The summed E-state index contributed by atoms with van der Waals surface area (Å²) >= 11 is 0. The van der Waals surface area contributed by atoms with Crippen molar-refractivity contribution in [2.45, 2.75) is 26.9 Å². The van der Waals surface area contributed by atoms with Crippen LogP contribution in [0.4, 0.5) is 5.69 Å². The molecule has 0 aromatic heterocycles. The summed E-state index contributed by atoms with van der Waals surface area (Å²) in [6.45, 7) is 5.92. The molecule has 0 bridgehead atoms. The van der Waals surface area contributed by atoms with Crippen LogP contribution in [0.2, 0.25) is 0 Å². The maximum atomic E-state index is 11.7. The number of esters is 1. The number of carbonyl (C=O) groups is 2. The van der Waals surface area contributed by atoms with Crippen molar-refractivity contribution < 1.29 is 14.3 Å². The van der Waals surface area contributed by atoms with Crippen LogP contribution in [-0.2, 0) is 9.53 Å². The summed E-state index contributed by atoms with van der Waals surface area (Å²) in [7, 11) is 1.98. The van der Waals surface area contributed by atoms with E-state index in [1.54, 1.807) is 19.1 Å². The third-order valence-electron chi connectivity index (χ3n) is 2.87. The van der Waals surface area contributed by atoms with Crippen molar-refractivity contribution >= 4 is 17.4 Å². The maximum absolute atomic E-state index is 11.7. The molecule has 18 heavy (non-hydrogen) atoms. The van der Waals surface area contributed by atoms with Gasteiger partial charge < -0.3 is 9.64 Å². The van der Waals surface area contributed by atoms with Gasteiger partial charge in [-0.25, -0.2) is 4.79 Å². The topological polar surface area (TPSA) is 46.6 Å². The van der Waals surface area contributed by atoms with Gasteiger partial charge in [0.2, 0.25) is 0 Å². The normalized spacial score (nSPS) is 11.8. The molecule has 0 radical (unpaired) electrons. The zero-order chi connectivity index (χ0) is 13.7. The van der Waals surface area contributed by atoms with Crippen molar-refractivity contribution in [2.75, 3.05) is 18.5 Å². The lowest BCUT2D eigenvalue weighted by Gasteiger charge is -2.17. The summed E-state index contributed by atoms with van der Waals surface area (Å²) in [5.41, 5.74) is 1.49. The lowest BCUT2D eigenvalue weighted by molar-refractivity contribution is -0.124. The van der Waals surface area contributed by atoms with Crippen LogP contribution in [0, 0.1) is 0 Å². The molecule has 0 fully saturated rings. The van der Waals surface area contributed by atoms with Crippen molar-refractivity contribution in [3.63, 3.8) is 0 Å². The highest BCUT2D eigenvalue weighted by Crippen LogP contribution is 2.14. The first-order valence-electron chi connectivity index (χ1n) is 5.98. The molecule has 0 N–H and O–H groups in total. The molecule has 1 aromatic rings. The van der Waals surface area contributed by atoms with E-state index in [4.69, 9.17) is 4.74 Å². The van der Waals surface area contributed by atoms with Gasteiger partial charge >= 0.3 is 5.97 Å². The Bertz CT molecular complexity index is 425. The molecule has 4 nitrogen and oxygen atoms in total. The fourth-order valence-corrected chi connectivity index (χ4v) is 1.35. The molecular weight excluding hydrogens is 230 g/mol. The van der Waals surface area contributed by atoms with E-state index in [-0.39, 0.29) is 5.78 Å². The molecule has 0 amide bonds. The van der Waals surface area contributed by atoms with Crippen LogP contribution in [0.3, 0.4) is 0 Å². The van der Waals surface area contributed by atoms with Crippen LogP contribution in [0.5, 0.6) is 0 Å². The van der Waals surface area contributed by atoms with Crippen LogP contribution in [-0.4, -0.2) is 31.4 Å². The number of ketones is 1. The van der Waals surface area contributed by atoms with E-state index >= 15 is 0 Å². The van der Waals surface area contributed by atoms with Gasteiger partial charge in [0.1, 0.15) is 0 Å². The Morgan fingerprint density at radius 1 is 1.28 bits per heavy atom. The lowest BCUT2D eigenvalue weighted by atomic mass is 10.2. The van der Waals surface area contributed by atoms with Crippen LogP contribution in [0.25, 0.3) is 0 Å². The van der Waals surface area contributed by atoms with Crippen molar-refractivity contribution in [1.82, 2.24) is 0 Å². The summed E-state index contributed by atoms with van der Waals surface area (Å²) in [4.78, 5) is 24.8. The lowest BCUT2D eigenvalue weighted by Crippen LogP contribution is -2.22. The zero-order valence-corrected chi connectivity index (χ0v) is 11.3. The average molecular weight is 249 g/mol. The number of carbonyl (C=O) groups excluding carboxylic acids is 2. The highest BCUT2D eigenvalue weighted by molar-refractivity contribution is 5.92. The third kappa shape index (κ3) is 3.58. The minimum Gasteiger partial charge on any atom is -0.451 e. The largest absolute Gasteiger partial charge is 0.451 e. The van der Waals surface area contributed by atoms with E-state index in [9.17, 15) is 9.59 Å². The Morgan fingerprint density at radius 3 is 2.28 bits per heavy atom. The molecule has 0 saturated carbocycles. The summed E-state index contributed by atoms with van der Waals surface area (Å²) in [5, 5.41) is 0. The fraction of sp³-hybridized carbons (Fsp3) is 0.429. The molecule has 0 heterocycles. The Balaban J connectivity index is 2.73. The standard InChI is InChI=1S/C14H19NO3/c1-5-15(4)13-8-6-12(7-9-13)14(17)18-11(3)10(2)16/h6-9,11H,5H2,1-4H3/t11-/m0/s1. The predicted molar refractivity (Wildman–Crippen MR) is 70.9 cm³/mol. The molecule has 1 rings (SSSR count). The van der Waals surface area contributed by atoms with E-state index in [1.807, 2.05) is 19.2 Å². The number of ether oxygens (including phenoxy) is 1. The molecule has 98 valence electrons. The van der Waals surface area contributed by atoms with E-state index < -0.39 is 12.1 Å². The molecule has 1 aromatic carbocycles. The second kappa shape index (κ2) is 6.19. The first-order valence-corrected chi connectivity index (χ1v) is 5.98. The van der Waals surface area contributed by atoms with Crippen molar-refractivity contribution in [1.29, 1.82) is 0 Å². The number of benzene rings is 1. The third-order valence-corrected chi connectivity index (χ3v) is 2.87. The van der Waals surface area contributed by atoms with E-state index in [1.165, 1.54) is 6.92 Å². The van der Waals surface area contributed by atoms with Gasteiger partial charge in [0, 0.05) is 19.3 Å². The van der Waals surface area contributed by atoms with E-state index in [0.717, 1.165) is 12.2 Å². The van der Waals surface area contributed by atoms with Gasteiger partial charge in [-0.3, -0.25) is 4.79 Å².